The zero-order chi connectivity index (χ0) is 18.9. The van der Waals surface area contributed by atoms with Crippen molar-refractivity contribution in [2.45, 2.75) is 37.3 Å². The van der Waals surface area contributed by atoms with Crippen LogP contribution in [-0.2, 0) is 21.5 Å². The van der Waals surface area contributed by atoms with Gasteiger partial charge in [-0.25, -0.2) is 0 Å². The van der Waals surface area contributed by atoms with Gasteiger partial charge in [0.05, 0.1) is 12.5 Å². The number of hydrogen-bond acceptors (Lipinski definition) is 4. The molecule has 2 aliphatic heterocycles. The molecular weight excluding hydrogens is 342 g/mol. The Balaban J connectivity index is 1.64. The zero-order valence-corrected chi connectivity index (χ0v) is 15.4. The molecule has 27 heavy (non-hydrogen) atoms. The third-order valence-corrected chi connectivity index (χ3v) is 5.74. The van der Waals surface area contributed by atoms with E-state index < -0.39 is 5.41 Å². The van der Waals surface area contributed by atoms with Crippen LogP contribution in [0.15, 0.2) is 48.8 Å². The standard InChI is InChI=1S/C21H23N3O3/c1-27-18-4-2-3-16(11-18)21(12-17-5-6-19(25)24(17)14-21)20(26)23-13-15-7-9-22-10-8-15/h2-4,7-11,17H,5-6,12-14H2,1H3,(H,23,26)/t17-,21-/m0/s1. The van der Waals surface area contributed by atoms with Crippen molar-refractivity contribution in [1.29, 1.82) is 0 Å². The van der Waals surface area contributed by atoms with Crippen LogP contribution >= 0.6 is 0 Å². The van der Waals surface area contributed by atoms with E-state index in [0.29, 0.717) is 31.7 Å². The van der Waals surface area contributed by atoms with Crippen LogP contribution in [0.1, 0.15) is 30.4 Å². The van der Waals surface area contributed by atoms with E-state index in [4.69, 9.17) is 4.74 Å². The topological polar surface area (TPSA) is 71.5 Å². The Morgan fingerprint density at radius 2 is 2.15 bits per heavy atom. The second-order valence-electron chi connectivity index (χ2n) is 7.27. The number of amides is 2. The Hall–Kier alpha value is -2.89. The highest BCUT2D eigenvalue weighted by atomic mass is 16.5. The molecule has 0 aliphatic carbocycles. The van der Waals surface area contributed by atoms with Crippen LogP contribution in [0.2, 0.25) is 0 Å². The minimum atomic E-state index is -0.748. The van der Waals surface area contributed by atoms with Gasteiger partial charge in [-0.2, -0.15) is 0 Å². The Labute approximate surface area is 158 Å². The van der Waals surface area contributed by atoms with Crippen molar-refractivity contribution in [3.05, 3.63) is 59.9 Å². The van der Waals surface area contributed by atoms with Gasteiger partial charge in [-0.1, -0.05) is 12.1 Å². The molecule has 3 heterocycles. The predicted octanol–water partition coefficient (Wildman–Crippen LogP) is 2.04. The van der Waals surface area contributed by atoms with E-state index in [1.807, 2.05) is 41.3 Å². The number of benzene rings is 1. The number of methoxy groups -OCH3 is 1. The molecule has 2 atom stereocenters. The molecule has 2 aliphatic rings. The van der Waals surface area contributed by atoms with Gasteiger partial charge in [0.25, 0.3) is 0 Å². The quantitative estimate of drug-likeness (QED) is 0.880. The van der Waals surface area contributed by atoms with E-state index in [1.54, 1.807) is 19.5 Å². The summed E-state index contributed by atoms with van der Waals surface area (Å²) in [4.78, 5) is 31.5. The lowest BCUT2D eigenvalue weighted by molar-refractivity contribution is -0.129. The number of rotatable bonds is 5. The molecular formula is C21H23N3O3. The first-order chi connectivity index (χ1) is 13.1. The minimum Gasteiger partial charge on any atom is -0.497 e. The summed E-state index contributed by atoms with van der Waals surface area (Å²) >= 11 is 0. The Morgan fingerprint density at radius 1 is 1.33 bits per heavy atom. The van der Waals surface area contributed by atoms with E-state index in [2.05, 4.69) is 10.3 Å². The van der Waals surface area contributed by atoms with E-state index in [-0.39, 0.29) is 17.9 Å². The predicted molar refractivity (Wildman–Crippen MR) is 100 cm³/mol. The zero-order valence-electron chi connectivity index (χ0n) is 15.4. The van der Waals surface area contributed by atoms with Crippen LogP contribution < -0.4 is 10.1 Å². The summed E-state index contributed by atoms with van der Waals surface area (Å²) in [7, 11) is 1.62. The van der Waals surface area contributed by atoms with Gasteiger partial charge in [-0.15, -0.1) is 0 Å². The first-order valence-electron chi connectivity index (χ1n) is 9.23. The number of aromatic nitrogens is 1. The number of hydrogen-bond donors (Lipinski definition) is 1. The number of nitrogens with zero attached hydrogens (tertiary/aromatic N) is 2. The molecule has 0 bridgehead atoms. The molecule has 2 aromatic rings. The lowest BCUT2D eigenvalue weighted by Crippen LogP contribution is -2.46. The molecule has 6 nitrogen and oxygen atoms in total. The Morgan fingerprint density at radius 3 is 2.89 bits per heavy atom. The second kappa shape index (κ2) is 7.02. The average Bonchev–Trinajstić information content (AvgIpc) is 3.27. The summed E-state index contributed by atoms with van der Waals surface area (Å²) in [6.07, 6.45) is 5.47. The number of nitrogens with one attached hydrogen (secondary N) is 1. The second-order valence-corrected chi connectivity index (χ2v) is 7.27. The van der Waals surface area contributed by atoms with E-state index in [0.717, 1.165) is 17.5 Å². The van der Waals surface area contributed by atoms with Crippen molar-refractivity contribution in [2.75, 3.05) is 13.7 Å². The van der Waals surface area contributed by atoms with Crippen LogP contribution in [0.25, 0.3) is 0 Å². The molecule has 2 fully saturated rings. The van der Waals surface area contributed by atoms with Crippen molar-refractivity contribution in [3.8, 4) is 5.75 Å². The molecule has 6 heteroatoms. The van der Waals surface area contributed by atoms with Crippen LogP contribution in [0.3, 0.4) is 0 Å². The van der Waals surface area contributed by atoms with Crippen LogP contribution in [0.5, 0.6) is 5.75 Å². The van der Waals surface area contributed by atoms with Crippen LogP contribution in [0.4, 0.5) is 0 Å². The maximum atomic E-state index is 13.4. The fourth-order valence-electron chi connectivity index (χ4n) is 4.26. The summed E-state index contributed by atoms with van der Waals surface area (Å²) in [5.74, 6) is 0.814. The highest BCUT2D eigenvalue weighted by Gasteiger charge is 2.53. The minimum absolute atomic E-state index is 0.0465. The largest absolute Gasteiger partial charge is 0.497 e. The molecule has 2 saturated heterocycles. The van der Waals surface area contributed by atoms with Crippen molar-refractivity contribution in [3.63, 3.8) is 0 Å². The van der Waals surface area contributed by atoms with Gasteiger partial charge in [-0.05, 0) is 48.2 Å². The highest BCUT2D eigenvalue weighted by molar-refractivity contribution is 5.91. The van der Waals surface area contributed by atoms with Crippen molar-refractivity contribution in [1.82, 2.24) is 15.2 Å². The highest BCUT2D eigenvalue weighted by Crippen LogP contribution is 2.43. The molecule has 1 N–H and O–H groups in total. The third kappa shape index (κ3) is 3.16. The number of carbonyl (C=O) groups is 2. The van der Waals surface area contributed by atoms with Gasteiger partial charge in [0, 0.05) is 37.9 Å². The molecule has 0 saturated carbocycles. The summed E-state index contributed by atoms with van der Waals surface area (Å²) in [5.41, 5.74) is 1.15. The smallest absolute Gasteiger partial charge is 0.232 e. The molecule has 1 aromatic carbocycles. The molecule has 1 aromatic heterocycles. The Kier molecular flexibility index (Phi) is 4.56. The first kappa shape index (κ1) is 17.5. The van der Waals surface area contributed by atoms with E-state index >= 15 is 0 Å². The monoisotopic (exact) mass is 365 g/mol. The van der Waals surface area contributed by atoms with Gasteiger partial charge < -0.3 is 15.0 Å². The van der Waals surface area contributed by atoms with Crippen LogP contribution in [0, 0.1) is 0 Å². The molecule has 4 rings (SSSR count). The van der Waals surface area contributed by atoms with E-state index in [1.165, 1.54) is 0 Å². The lowest BCUT2D eigenvalue weighted by Gasteiger charge is -2.29. The van der Waals surface area contributed by atoms with Gasteiger partial charge >= 0.3 is 0 Å². The number of ether oxygens (including phenoxy) is 1. The maximum absolute atomic E-state index is 13.4. The lowest BCUT2D eigenvalue weighted by atomic mass is 9.76. The summed E-state index contributed by atoms with van der Waals surface area (Å²) < 4.78 is 5.36. The number of fused-ring (bicyclic) bond motifs is 1. The molecule has 2 amide bonds. The third-order valence-electron chi connectivity index (χ3n) is 5.74. The summed E-state index contributed by atoms with van der Waals surface area (Å²) in [6.45, 7) is 0.859. The molecule has 0 spiro atoms. The average molecular weight is 365 g/mol. The van der Waals surface area contributed by atoms with Crippen molar-refractivity contribution < 1.29 is 14.3 Å². The van der Waals surface area contributed by atoms with E-state index in [9.17, 15) is 9.59 Å². The first-order valence-corrected chi connectivity index (χ1v) is 9.23. The number of pyridine rings is 1. The molecule has 0 unspecified atom stereocenters. The SMILES string of the molecule is COc1cccc([C@]2(C(=O)NCc3ccncc3)C[C@@H]3CCC(=O)N3C2)c1. The Bertz CT molecular complexity index is 855. The normalized spacial score (nSPS) is 24.0. The molecule has 140 valence electrons. The van der Waals surface area contributed by atoms with Gasteiger partial charge in [-0.3, -0.25) is 14.6 Å². The van der Waals surface area contributed by atoms with Crippen molar-refractivity contribution in [2.24, 2.45) is 0 Å². The van der Waals surface area contributed by atoms with Gasteiger partial charge in [0.1, 0.15) is 5.75 Å². The fourth-order valence-corrected chi connectivity index (χ4v) is 4.26. The summed E-state index contributed by atoms with van der Waals surface area (Å²) in [6, 6.07) is 11.5. The summed E-state index contributed by atoms with van der Waals surface area (Å²) in [5, 5.41) is 3.08. The van der Waals surface area contributed by atoms with Gasteiger partial charge in [0.15, 0.2) is 0 Å². The number of carbonyl (C=O) groups excluding carboxylic acids is 2. The fraction of sp³-hybridized carbons (Fsp3) is 0.381. The van der Waals surface area contributed by atoms with Crippen LogP contribution in [-0.4, -0.2) is 41.4 Å². The maximum Gasteiger partial charge on any atom is 0.232 e. The molecule has 0 radical (unpaired) electrons. The van der Waals surface area contributed by atoms with Gasteiger partial charge in [0.2, 0.25) is 11.8 Å². The van der Waals surface area contributed by atoms with Crippen molar-refractivity contribution >= 4 is 11.8 Å².